The van der Waals surface area contributed by atoms with Crippen molar-refractivity contribution in [3.05, 3.63) is 93.2 Å². The molecule has 0 aliphatic rings. The van der Waals surface area contributed by atoms with E-state index in [0.29, 0.717) is 19.1 Å². The summed E-state index contributed by atoms with van der Waals surface area (Å²) in [4.78, 5) is 37.8. The monoisotopic (exact) mass is 499 g/mol. The smallest absolute Gasteiger partial charge is 0.268 e. The Balaban J connectivity index is 1.84. The number of aryl methyl sites for hydroxylation is 1. The van der Waals surface area contributed by atoms with Gasteiger partial charge in [0.25, 0.3) is 11.5 Å². The number of amides is 1. The summed E-state index contributed by atoms with van der Waals surface area (Å²) >= 11 is 0. The van der Waals surface area contributed by atoms with Crippen molar-refractivity contribution in [2.75, 3.05) is 25.6 Å². The van der Waals surface area contributed by atoms with Crippen LogP contribution >= 0.6 is 0 Å². The number of halogens is 3. The zero-order valence-corrected chi connectivity index (χ0v) is 19.0. The summed E-state index contributed by atoms with van der Waals surface area (Å²) in [6, 6.07) is 8.33. The Morgan fingerprint density at radius 3 is 2.44 bits per heavy atom. The van der Waals surface area contributed by atoms with Crippen LogP contribution in [-0.2, 0) is 16.1 Å². The number of aromatic nitrogens is 1. The molecular weight excluding hydrogens is 479 g/mol. The maximum atomic E-state index is 14.0. The molecule has 0 unspecified atom stereocenters. The number of carbonyl (C=O) groups excluding carboxylic acids is 2. The van der Waals surface area contributed by atoms with E-state index in [1.54, 1.807) is 6.07 Å². The van der Waals surface area contributed by atoms with Gasteiger partial charge in [-0.3, -0.25) is 14.4 Å². The molecule has 1 N–H and O–H groups in total. The van der Waals surface area contributed by atoms with Gasteiger partial charge >= 0.3 is 0 Å². The van der Waals surface area contributed by atoms with Gasteiger partial charge in [-0.05, 0) is 42.8 Å². The summed E-state index contributed by atoms with van der Waals surface area (Å²) in [5.41, 5.74) is -1.34. The highest BCUT2D eigenvalue weighted by Crippen LogP contribution is 2.23. The summed E-state index contributed by atoms with van der Waals surface area (Å²) < 4.78 is 52.2. The third kappa shape index (κ3) is 6.58. The Morgan fingerprint density at radius 1 is 1.06 bits per heavy atom. The third-order valence-electron chi connectivity index (χ3n) is 4.91. The number of ether oxygens (including phenoxy) is 2. The first-order chi connectivity index (χ1) is 17.2. The highest BCUT2D eigenvalue weighted by atomic mass is 19.1. The maximum Gasteiger partial charge on any atom is 0.268 e. The van der Waals surface area contributed by atoms with Crippen LogP contribution in [0.4, 0.5) is 18.9 Å². The fourth-order valence-corrected chi connectivity index (χ4v) is 3.31. The molecular formula is C25H20F3N3O5. The van der Waals surface area contributed by atoms with E-state index in [2.05, 4.69) is 5.32 Å². The topological polar surface area (TPSA) is 110 Å². The lowest BCUT2D eigenvalue weighted by Crippen LogP contribution is -2.25. The molecule has 0 bridgehead atoms. The molecule has 0 atom stereocenters. The van der Waals surface area contributed by atoms with Crippen LogP contribution in [0.2, 0.25) is 0 Å². The number of anilines is 1. The molecule has 0 aliphatic heterocycles. The number of nitrogens with zero attached hydrogens (tertiary/aromatic N) is 2. The molecule has 1 heterocycles. The molecule has 0 fully saturated rings. The molecule has 8 nitrogen and oxygen atoms in total. The van der Waals surface area contributed by atoms with Crippen molar-refractivity contribution in [2.45, 2.75) is 13.0 Å². The number of pyridine rings is 1. The number of hydrogen-bond acceptors (Lipinski definition) is 6. The second kappa shape index (κ2) is 11.8. The summed E-state index contributed by atoms with van der Waals surface area (Å²) in [6.07, 6.45) is 1.69. The largest absolute Gasteiger partial charge is 0.483 e. The van der Waals surface area contributed by atoms with Gasteiger partial charge in [-0.15, -0.1) is 0 Å². The molecule has 186 valence electrons. The predicted octanol–water partition coefficient (Wildman–Crippen LogP) is 3.42. The first-order valence-electron chi connectivity index (χ1n) is 10.6. The number of nitrogens with one attached hydrogen (secondary N) is 1. The van der Waals surface area contributed by atoms with Crippen molar-refractivity contribution in [1.82, 2.24) is 4.57 Å². The quantitative estimate of drug-likeness (QED) is 0.338. The Morgan fingerprint density at radius 2 is 1.78 bits per heavy atom. The van der Waals surface area contributed by atoms with Gasteiger partial charge in [-0.2, -0.15) is 5.26 Å². The van der Waals surface area contributed by atoms with Crippen molar-refractivity contribution in [1.29, 1.82) is 5.26 Å². The molecule has 36 heavy (non-hydrogen) atoms. The fraction of sp³-hybridized carbons (Fsp3) is 0.200. The van der Waals surface area contributed by atoms with Crippen LogP contribution in [0.1, 0.15) is 27.9 Å². The molecule has 0 radical (unpaired) electrons. The molecule has 0 saturated carbocycles. The molecule has 1 aromatic heterocycles. The zero-order valence-electron chi connectivity index (χ0n) is 19.0. The zero-order chi connectivity index (χ0) is 26.2. The molecule has 0 aliphatic carbocycles. The van der Waals surface area contributed by atoms with Crippen LogP contribution < -0.4 is 15.6 Å². The van der Waals surface area contributed by atoms with E-state index in [9.17, 15) is 32.8 Å². The number of nitriles is 1. The van der Waals surface area contributed by atoms with Gasteiger partial charge in [0.05, 0.1) is 5.56 Å². The Kier molecular flexibility index (Phi) is 8.59. The first-order valence-corrected chi connectivity index (χ1v) is 10.6. The molecule has 0 saturated heterocycles. The first kappa shape index (κ1) is 26.2. The number of ketones is 1. The van der Waals surface area contributed by atoms with Crippen molar-refractivity contribution in [3.63, 3.8) is 0 Å². The minimum absolute atomic E-state index is 0.0706. The lowest BCUT2D eigenvalue weighted by Gasteiger charge is -2.13. The number of rotatable bonds is 10. The molecule has 11 heteroatoms. The van der Waals surface area contributed by atoms with Gasteiger partial charge in [0.2, 0.25) is 0 Å². The standard InChI is InChI=1S/C25H20F3N3O5/c1-35-6-2-5-31-13-16(7-15(12-29)25(31)34)24(33)21-11-17(26)3-4-22(21)36-14-23(32)30-20-9-18(27)8-19(28)10-20/h3-4,7-11,13H,2,5-6,14H2,1H3,(H,30,32). The summed E-state index contributed by atoms with van der Waals surface area (Å²) in [6.45, 7) is -0.140. The van der Waals surface area contributed by atoms with Crippen LogP contribution in [0, 0.1) is 28.8 Å². The normalized spacial score (nSPS) is 10.5. The van der Waals surface area contributed by atoms with Gasteiger partial charge in [-0.25, -0.2) is 13.2 Å². The van der Waals surface area contributed by atoms with Gasteiger partial charge in [0.15, 0.2) is 12.4 Å². The van der Waals surface area contributed by atoms with E-state index < -0.39 is 41.3 Å². The van der Waals surface area contributed by atoms with Crippen molar-refractivity contribution < 1.29 is 32.2 Å². The van der Waals surface area contributed by atoms with Crippen LogP contribution in [0.3, 0.4) is 0 Å². The van der Waals surface area contributed by atoms with Crippen molar-refractivity contribution >= 4 is 17.4 Å². The highest BCUT2D eigenvalue weighted by Gasteiger charge is 2.20. The van der Waals surface area contributed by atoms with Crippen LogP contribution in [0.25, 0.3) is 0 Å². The van der Waals surface area contributed by atoms with E-state index in [-0.39, 0.29) is 34.7 Å². The fourth-order valence-electron chi connectivity index (χ4n) is 3.31. The SMILES string of the molecule is COCCCn1cc(C(=O)c2cc(F)ccc2OCC(=O)Nc2cc(F)cc(F)c2)cc(C#N)c1=O. The van der Waals surface area contributed by atoms with Crippen molar-refractivity contribution in [3.8, 4) is 11.8 Å². The van der Waals surface area contributed by atoms with E-state index in [1.165, 1.54) is 17.9 Å². The molecule has 1 amide bonds. The van der Waals surface area contributed by atoms with Crippen LogP contribution in [0.5, 0.6) is 5.75 Å². The van der Waals surface area contributed by atoms with Crippen LogP contribution in [-0.4, -0.2) is 36.6 Å². The van der Waals surface area contributed by atoms with Crippen LogP contribution in [0.15, 0.2) is 53.5 Å². The minimum atomic E-state index is -0.891. The molecule has 3 rings (SSSR count). The highest BCUT2D eigenvalue weighted by molar-refractivity contribution is 6.10. The Hall–Kier alpha value is -4.43. The van der Waals surface area contributed by atoms with E-state index in [4.69, 9.17) is 9.47 Å². The second-order valence-corrected chi connectivity index (χ2v) is 7.56. The maximum absolute atomic E-state index is 14.0. The number of hydrogen-bond donors (Lipinski definition) is 1. The Labute approximate surface area is 203 Å². The summed E-state index contributed by atoms with van der Waals surface area (Å²) in [5.74, 6) is -4.25. The van der Waals surface area contributed by atoms with Gasteiger partial charge in [0.1, 0.15) is 34.8 Å². The lowest BCUT2D eigenvalue weighted by molar-refractivity contribution is -0.118. The van der Waals surface area contributed by atoms with E-state index >= 15 is 0 Å². The van der Waals surface area contributed by atoms with E-state index in [1.807, 2.05) is 0 Å². The molecule has 2 aromatic carbocycles. The predicted molar refractivity (Wildman–Crippen MR) is 122 cm³/mol. The van der Waals surface area contributed by atoms with Gasteiger partial charge in [0, 0.05) is 43.8 Å². The number of benzene rings is 2. The number of methoxy groups -OCH3 is 1. The lowest BCUT2D eigenvalue weighted by atomic mass is 10.0. The number of carbonyl (C=O) groups is 2. The third-order valence-corrected chi connectivity index (χ3v) is 4.91. The minimum Gasteiger partial charge on any atom is -0.483 e. The molecule has 3 aromatic rings. The average molecular weight is 499 g/mol. The second-order valence-electron chi connectivity index (χ2n) is 7.56. The summed E-state index contributed by atoms with van der Waals surface area (Å²) in [7, 11) is 1.49. The van der Waals surface area contributed by atoms with Gasteiger partial charge < -0.3 is 19.4 Å². The average Bonchev–Trinajstić information content (AvgIpc) is 2.83. The Bertz CT molecular complexity index is 1380. The van der Waals surface area contributed by atoms with E-state index in [0.717, 1.165) is 36.4 Å². The molecule has 0 spiro atoms. The van der Waals surface area contributed by atoms with Crippen molar-refractivity contribution in [2.24, 2.45) is 0 Å². The summed E-state index contributed by atoms with van der Waals surface area (Å²) in [5, 5.41) is 11.6. The van der Waals surface area contributed by atoms with Gasteiger partial charge in [-0.1, -0.05) is 0 Å².